The first-order valence-corrected chi connectivity index (χ1v) is 6.42. The van der Waals surface area contributed by atoms with E-state index in [9.17, 15) is 13.2 Å². The molecule has 0 saturated carbocycles. The summed E-state index contributed by atoms with van der Waals surface area (Å²) in [5.41, 5.74) is -0.732. The summed E-state index contributed by atoms with van der Waals surface area (Å²) in [4.78, 5) is 11.7. The van der Waals surface area contributed by atoms with E-state index in [4.69, 9.17) is 4.74 Å². The van der Waals surface area contributed by atoms with Crippen molar-refractivity contribution < 1.29 is 22.1 Å². The summed E-state index contributed by atoms with van der Waals surface area (Å²) in [6.45, 7) is 6.76. The van der Waals surface area contributed by atoms with Gasteiger partial charge in [-0.15, -0.1) is 0 Å². The normalized spacial score (nSPS) is 25.2. The van der Waals surface area contributed by atoms with E-state index in [0.717, 1.165) is 0 Å². The Morgan fingerprint density at radius 1 is 1.44 bits per heavy atom. The minimum atomic E-state index is -3.99. The van der Waals surface area contributed by atoms with E-state index in [1.165, 1.54) is 0 Å². The maximum absolute atomic E-state index is 11.7. The van der Waals surface area contributed by atoms with Gasteiger partial charge in [0.2, 0.25) is 0 Å². The third-order valence-electron chi connectivity index (χ3n) is 1.98. The zero-order valence-corrected chi connectivity index (χ0v) is 10.7. The van der Waals surface area contributed by atoms with Crippen LogP contribution in [0.4, 0.5) is 4.79 Å². The number of hydrogen-bond acceptors (Lipinski definition) is 5. The molecule has 1 fully saturated rings. The number of rotatable bonds is 0. The molecule has 0 bridgehead atoms. The Morgan fingerprint density at radius 2 is 2.00 bits per heavy atom. The highest BCUT2D eigenvalue weighted by atomic mass is 32.2. The number of amides is 1. The van der Waals surface area contributed by atoms with Gasteiger partial charge < -0.3 is 4.74 Å². The van der Waals surface area contributed by atoms with Gasteiger partial charge in [-0.1, -0.05) is 0 Å². The average molecular weight is 251 g/mol. The Bertz CT molecular complexity index is 370. The standard InChI is InChI=1S/C9H17NO5S/c1-7-5-6-14-16(12,13)10(7)8(11)15-9(2,3)4/h7H,5-6H2,1-4H3/t7-/m0/s1. The monoisotopic (exact) mass is 251 g/mol. The number of carbonyl (C=O) groups excluding carboxylic acids is 1. The van der Waals surface area contributed by atoms with Crippen LogP contribution in [0.1, 0.15) is 34.1 Å². The molecule has 1 aliphatic heterocycles. The van der Waals surface area contributed by atoms with E-state index in [1.54, 1.807) is 27.7 Å². The summed E-state index contributed by atoms with van der Waals surface area (Å²) in [6, 6.07) is -0.436. The molecule has 0 aromatic heterocycles. The molecule has 1 amide bonds. The van der Waals surface area contributed by atoms with Crippen molar-refractivity contribution in [3.05, 3.63) is 0 Å². The molecular formula is C9H17NO5S. The Morgan fingerprint density at radius 3 is 2.44 bits per heavy atom. The third-order valence-corrected chi connectivity index (χ3v) is 3.44. The lowest BCUT2D eigenvalue weighted by atomic mass is 10.2. The third kappa shape index (κ3) is 3.08. The summed E-state index contributed by atoms with van der Waals surface area (Å²) in [6.07, 6.45) is -0.418. The lowest BCUT2D eigenvalue weighted by Gasteiger charge is -2.33. The fourth-order valence-corrected chi connectivity index (χ4v) is 2.48. The quantitative estimate of drug-likeness (QED) is 0.648. The van der Waals surface area contributed by atoms with Gasteiger partial charge in [0, 0.05) is 0 Å². The zero-order valence-electron chi connectivity index (χ0n) is 9.89. The molecule has 1 rings (SSSR count). The maximum atomic E-state index is 11.7. The zero-order chi connectivity index (χ0) is 12.6. The van der Waals surface area contributed by atoms with Crippen molar-refractivity contribution in [2.45, 2.75) is 45.8 Å². The van der Waals surface area contributed by atoms with Crippen molar-refractivity contribution in [3.63, 3.8) is 0 Å². The van der Waals surface area contributed by atoms with Gasteiger partial charge in [-0.3, -0.25) is 4.18 Å². The highest BCUT2D eigenvalue weighted by Gasteiger charge is 2.39. The lowest BCUT2D eigenvalue weighted by molar-refractivity contribution is 0.0272. The van der Waals surface area contributed by atoms with Crippen molar-refractivity contribution in [2.24, 2.45) is 0 Å². The predicted octanol–water partition coefficient (Wildman–Crippen LogP) is 1.28. The summed E-state index contributed by atoms with van der Waals surface area (Å²) < 4.78 is 33.3. The topological polar surface area (TPSA) is 72.9 Å². The van der Waals surface area contributed by atoms with Gasteiger partial charge >= 0.3 is 16.4 Å². The molecule has 0 spiro atoms. The summed E-state index contributed by atoms with van der Waals surface area (Å²) >= 11 is 0. The maximum Gasteiger partial charge on any atom is 0.426 e. The van der Waals surface area contributed by atoms with Crippen LogP contribution in [0.25, 0.3) is 0 Å². The van der Waals surface area contributed by atoms with Crippen LogP contribution in [0.15, 0.2) is 0 Å². The molecule has 6 nitrogen and oxygen atoms in total. The van der Waals surface area contributed by atoms with E-state index in [-0.39, 0.29) is 6.61 Å². The van der Waals surface area contributed by atoms with Crippen LogP contribution in [-0.4, -0.2) is 37.1 Å². The van der Waals surface area contributed by atoms with Crippen LogP contribution < -0.4 is 0 Å². The average Bonchev–Trinajstić information content (AvgIpc) is 1.97. The minimum absolute atomic E-state index is 0.1000. The Balaban J connectivity index is 2.88. The van der Waals surface area contributed by atoms with E-state index in [0.29, 0.717) is 10.7 Å². The van der Waals surface area contributed by atoms with Gasteiger partial charge in [0.05, 0.1) is 12.6 Å². The van der Waals surface area contributed by atoms with E-state index < -0.39 is 28.0 Å². The van der Waals surface area contributed by atoms with Crippen LogP contribution >= 0.6 is 0 Å². The molecule has 0 aliphatic carbocycles. The molecule has 1 atom stereocenters. The molecule has 0 aromatic rings. The van der Waals surface area contributed by atoms with Crippen molar-refractivity contribution in [1.82, 2.24) is 4.31 Å². The summed E-state index contributed by atoms with van der Waals surface area (Å²) in [5.74, 6) is 0. The smallest absolute Gasteiger partial charge is 0.426 e. The van der Waals surface area contributed by atoms with Crippen molar-refractivity contribution in [3.8, 4) is 0 Å². The number of nitrogens with zero attached hydrogens (tertiary/aromatic N) is 1. The Hall–Kier alpha value is -0.820. The van der Waals surface area contributed by atoms with Crippen LogP contribution in [0.2, 0.25) is 0 Å². The molecule has 0 radical (unpaired) electrons. The fourth-order valence-electron chi connectivity index (χ4n) is 1.30. The molecule has 1 aliphatic rings. The van der Waals surface area contributed by atoms with Crippen LogP contribution in [-0.2, 0) is 19.2 Å². The van der Waals surface area contributed by atoms with Crippen LogP contribution in [0.5, 0.6) is 0 Å². The van der Waals surface area contributed by atoms with Gasteiger partial charge in [0.1, 0.15) is 5.60 Å². The van der Waals surface area contributed by atoms with Gasteiger partial charge in [0.15, 0.2) is 0 Å². The molecule has 1 heterocycles. The van der Waals surface area contributed by atoms with Crippen LogP contribution in [0.3, 0.4) is 0 Å². The Labute approximate surface area is 95.8 Å². The largest absolute Gasteiger partial charge is 0.443 e. The first kappa shape index (κ1) is 13.2. The second-order valence-electron chi connectivity index (χ2n) is 4.69. The highest BCUT2D eigenvalue weighted by molar-refractivity contribution is 7.84. The lowest BCUT2D eigenvalue weighted by Crippen LogP contribution is -2.49. The minimum Gasteiger partial charge on any atom is -0.443 e. The van der Waals surface area contributed by atoms with Crippen LogP contribution in [0, 0.1) is 0 Å². The number of ether oxygens (including phenoxy) is 1. The number of hydrogen-bond donors (Lipinski definition) is 0. The summed E-state index contributed by atoms with van der Waals surface area (Å²) in [5, 5.41) is 0. The van der Waals surface area contributed by atoms with E-state index >= 15 is 0 Å². The van der Waals surface area contributed by atoms with Crippen molar-refractivity contribution in [2.75, 3.05) is 6.61 Å². The second-order valence-corrected chi connectivity index (χ2v) is 6.18. The first-order chi connectivity index (χ1) is 7.13. The van der Waals surface area contributed by atoms with Gasteiger partial charge in [-0.25, -0.2) is 4.79 Å². The fraction of sp³-hybridized carbons (Fsp3) is 0.889. The molecule has 94 valence electrons. The molecule has 0 unspecified atom stereocenters. The highest BCUT2D eigenvalue weighted by Crippen LogP contribution is 2.21. The van der Waals surface area contributed by atoms with Gasteiger partial charge in [-0.2, -0.15) is 12.7 Å². The molecule has 0 aromatic carbocycles. The molecule has 1 saturated heterocycles. The van der Waals surface area contributed by atoms with Gasteiger partial charge in [-0.05, 0) is 34.1 Å². The number of carbonyl (C=O) groups is 1. The molecular weight excluding hydrogens is 234 g/mol. The van der Waals surface area contributed by atoms with E-state index in [2.05, 4.69) is 4.18 Å². The SMILES string of the molecule is C[C@H]1CCOS(=O)(=O)N1C(=O)OC(C)(C)C. The Kier molecular flexibility index (Phi) is 3.49. The van der Waals surface area contributed by atoms with Crippen molar-refractivity contribution >= 4 is 16.4 Å². The van der Waals surface area contributed by atoms with Gasteiger partial charge in [0.25, 0.3) is 0 Å². The first-order valence-electron chi connectivity index (χ1n) is 5.05. The van der Waals surface area contributed by atoms with Crippen molar-refractivity contribution in [1.29, 1.82) is 0 Å². The predicted molar refractivity (Wildman–Crippen MR) is 57.0 cm³/mol. The summed E-state index contributed by atoms with van der Waals surface area (Å²) in [7, 11) is -3.99. The molecule has 0 N–H and O–H groups in total. The molecule has 16 heavy (non-hydrogen) atoms. The second kappa shape index (κ2) is 4.21. The molecule has 7 heteroatoms. The van der Waals surface area contributed by atoms with E-state index in [1.807, 2.05) is 0 Å².